The summed E-state index contributed by atoms with van der Waals surface area (Å²) in [5.41, 5.74) is 0.978. The molecule has 0 saturated carbocycles. The first-order valence-electron chi connectivity index (χ1n) is 7.54. The van der Waals surface area contributed by atoms with Gasteiger partial charge in [0, 0.05) is 24.8 Å². The van der Waals surface area contributed by atoms with E-state index in [1.165, 1.54) is 38.8 Å². The van der Waals surface area contributed by atoms with E-state index in [1.807, 2.05) is 0 Å². The summed E-state index contributed by atoms with van der Waals surface area (Å²) >= 11 is 0. The first-order chi connectivity index (χ1) is 9.84. The standard InChI is InChI=1S/C14H25N5O/c20-14(17-9-13-10-18-19-11-13)16-6-2-1-3-12-4-7-15-8-5-12/h10-12,15H,1-9H2,(H,18,19)(H2,16,17,20). The van der Waals surface area contributed by atoms with Crippen LogP contribution in [0.5, 0.6) is 0 Å². The van der Waals surface area contributed by atoms with Crippen LogP contribution in [0.1, 0.15) is 37.7 Å². The SMILES string of the molecule is O=C(NCCCCC1CCNCC1)NCc1cn[nH]c1. The molecule has 20 heavy (non-hydrogen) atoms. The van der Waals surface area contributed by atoms with Gasteiger partial charge in [-0.25, -0.2) is 4.79 Å². The van der Waals surface area contributed by atoms with Crippen molar-refractivity contribution in [3.63, 3.8) is 0 Å². The van der Waals surface area contributed by atoms with E-state index in [1.54, 1.807) is 12.4 Å². The van der Waals surface area contributed by atoms with Crippen molar-refractivity contribution in [3.05, 3.63) is 18.0 Å². The van der Waals surface area contributed by atoms with Gasteiger partial charge in [-0.3, -0.25) is 5.10 Å². The number of H-pyrrole nitrogens is 1. The first kappa shape index (κ1) is 14.8. The van der Waals surface area contributed by atoms with E-state index in [4.69, 9.17) is 0 Å². The van der Waals surface area contributed by atoms with Crippen LogP contribution in [0.15, 0.2) is 12.4 Å². The maximum absolute atomic E-state index is 11.5. The fourth-order valence-corrected chi connectivity index (χ4v) is 2.55. The van der Waals surface area contributed by atoms with Gasteiger partial charge in [-0.05, 0) is 38.3 Å². The van der Waals surface area contributed by atoms with Crippen molar-refractivity contribution < 1.29 is 4.79 Å². The minimum atomic E-state index is -0.104. The second kappa shape index (κ2) is 8.58. The van der Waals surface area contributed by atoms with E-state index in [0.717, 1.165) is 24.4 Å². The van der Waals surface area contributed by atoms with Crippen LogP contribution in [0.4, 0.5) is 4.79 Å². The Labute approximate surface area is 120 Å². The van der Waals surface area contributed by atoms with E-state index in [0.29, 0.717) is 6.54 Å². The van der Waals surface area contributed by atoms with Crippen molar-refractivity contribution in [2.24, 2.45) is 5.92 Å². The normalized spacial score (nSPS) is 16.0. The van der Waals surface area contributed by atoms with Gasteiger partial charge in [0.15, 0.2) is 0 Å². The molecule has 2 rings (SSSR count). The second-order valence-corrected chi connectivity index (χ2v) is 5.41. The lowest BCUT2D eigenvalue weighted by Gasteiger charge is -2.22. The molecule has 0 bridgehead atoms. The van der Waals surface area contributed by atoms with Crippen LogP contribution in [-0.2, 0) is 6.54 Å². The summed E-state index contributed by atoms with van der Waals surface area (Å²) in [6, 6.07) is -0.104. The van der Waals surface area contributed by atoms with Crippen LogP contribution < -0.4 is 16.0 Å². The topological polar surface area (TPSA) is 81.8 Å². The highest BCUT2D eigenvalue weighted by molar-refractivity contribution is 5.73. The van der Waals surface area contributed by atoms with E-state index in [2.05, 4.69) is 26.1 Å². The molecular weight excluding hydrogens is 254 g/mol. The summed E-state index contributed by atoms with van der Waals surface area (Å²) in [6.07, 6.45) is 9.64. The molecule has 0 aromatic carbocycles. The number of unbranched alkanes of at least 4 members (excludes halogenated alkanes) is 1. The van der Waals surface area contributed by atoms with E-state index < -0.39 is 0 Å². The molecule has 6 nitrogen and oxygen atoms in total. The molecule has 0 spiro atoms. The Morgan fingerprint density at radius 1 is 1.30 bits per heavy atom. The van der Waals surface area contributed by atoms with Gasteiger partial charge in [-0.15, -0.1) is 0 Å². The number of piperidine rings is 1. The van der Waals surface area contributed by atoms with Crippen molar-refractivity contribution >= 4 is 6.03 Å². The highest BCUT2D eigenvalue weighted by Gasteiger charge is 2.11. The van der Waals surface area contributed by atoms with Gasteiger partial charge in [0.25, 0.3) is 0 Å². The maximum atomic E-state index is 11.5. The minimum absolute atomic E-state index is 0.104. The number of amides is 2. The minimum Gasteiger partial charge on any atom is -0.338 e. The molecule has 2 amide bonds. The molecule has 6 heteroatoms. The number of nitrogens with zero attached hydrogens (tertiary/aromatic N) is 1. The van der Waals surface area contributed by atoms with Crippen LogP contribution in [0, 0.1) is 5.92 Å². The molecular formula is C14H25N5O. The van der Waals surface area contributed by atoms with Gasteiger partial charge >= 0.3 is 6.03 Å². The zero-order chi connectivity index (χ0) is 14.0. The zero-order valence-electron chi connectivity index (χ0n) is 12.0. The van der Waals surface area contributed by atoms with E-state index >= 15 is 0 Å². The van der Waals surface area contributed by atoms with Gasteiger partial charge in [0.05, 0.1) is 6.20 Å². The molecule has 4 N–H and O–H groups in total. The highest BCUT2D eigenvalue weighted by Crippen LogP contribution is 2.18. The molecule has 1 saturated heterocycles. The zero-order valence-corrected chi connectivity index (χ0v) is 12.0. The van der Waals surface area contributed by atoms with Crippen molar-refractivity contribution in [3.8, 4) is 0 Å². The molecule has 1 aliphatic heterocycles. The molecule has 0 radical (unpaired) electrons. The van der Waals surface area contributed by atoms with Crippen molar-refractivity contribution in [2.45, 2.75) is 38.6 Å². The summed E-state index contributed by atoms with van der Waals surface area (Å²) in [7, 11) is 0. The molecule has 1 aliphatic rings. The molecule has 1 aromatic heterocycles. The van der Waals surface area contributed by atoms with Crippen molar-refractivity contribution in [1.29, 1.82) is 0 Å². The summed E-state index contributed by atoms with van der Waals surface area (Å²) < 4.78 is 0. The quantitative estimate of drug-likeness (QED) is 0.569. The van der Waals surface area contributed by atoms with Crippen LogP contribution >= 0.6 is 0 Å². The molecule has 0 aliphatic carbocycles. The van der Waals surface area contributed by atoms with Gasteiger partial charge in [-0.2, -0.15) is 5.10 Å². The predicted octanol–water partition coefficient (Wildman–Crippen LogP) is 1.38. The van der Waals surface area contributed by atoms with Crippen molar-refractivity contribution in [2.75, 3.05) is 19.6 Å². The number of rotatable bonds is 7. The molecule has 1 aromatic rings. The lowest BCUT2D eigenvalue weighted by Crippen LogP contribution is -2.35. The van der Waals surface area contributed by atoms with Crippen LogP contribution in [0.3, 0.4) is 0 Å². The maximum Gasteiger partial charge on any atom is 0.315 e. The lowest BCUT2D eigenvalue weighted by molar-refractivity contribution is 0.240. The molecule has 112 valence electrons. The van der Waals surface area contributed by atoms with Gasteiger partial charge in [-0.1, -0.05) is 12.8 Å². The number of urea groups is 1. The average molecular weight is 279 g/mol. The Kier molecular flexibility index (Phi) is 6.37. The third-order valence-electron chi connectivity index (χ3n) is 3.79. The third kappa shape index (κ3) is 5.61. The van der Waals surface area contributed by atoms with Crippen LogP contribution in [0.25, 0.3) is 0 Å². The number of nitrogens with one attached hydrogen (secondary N) is 4. The Bertz CT molecular complexity index is 373. The largest absolute Gasteiger partial charge is 0.338 e. The van der Waals surface area contributed by atoms with Crippen LogP contribution in [-0.4, -0.2) is 35.9 Å². The van der Waals surface area contributed by atoms with Gasteiger partial charge in [0.1, 0.15) is 0 Å². The number of aromatic amines is 1. The Balaban J connectivity index is 1.45. The molecule has 0 atom stereocenters. The highest BCUT2D eigenvalue weighted by atomic mass is 16.2. The monoisotopic (exact) mass is 279 g/mol. The second-order valence-electron chi connectivity index (χ2n) is 5.41. The molecule has 2 heterocycles. The van der Waals surface area contributed by atoms with Crippen molar-refractivity contribution in [1.82, 2.24) is 26.1 Å². The first-order valence-corrected chi connectivity index (χ1v) is 7.54. The Morgan fingerprint density at radius 2 is 2.15 bits per heavy atom. The van der Waals surface area contributed by atoms with Crippen LogP contribution in [0.2, 0.25) is 0 Å². The fourth-order valence-electron chi connectivity index (χ4n) is 2.55. The lowest BCUT2D eigenvalue weighted by atomic mass is 9.92. The summed E-state index contributed by atoms with van der Waals surface area (Å²) in [6.45, 7) is 3.60. The van der Waals surface area contributed by atoms with E-state index in [-0.39, 0.29) is 6.03 Å². The average Bonchev–Trinajstić information content (AvgIpc) is 2.99. The molecule has 0 unspecified atom stereocenters. The number of hydrogen-bond acceptors (Lipinski definition) is 3. The number of carbonyl (C=O) groups is 1. The number of hydrogen-bond donors (Lipinski definition) is 4. The number of aromatic nitrogens is 2. The Hall–Kier alpha value is -1.56. The predicted molar refractivity (Wildman–Crippen MR) is 78.3 cm³/mol. The fraction of sp³-hybridized carbons (Fsp3) is 0.714. The third-order valence-corrected chi connectivity index (χ3v) is 3.79. The Morgan fingerprint density at radius 3 is 2.90 bits per heavy atom. The summed E-state index contributed by atoms with van der Waals surface area (Å²) in [5, 5.41) is 15.6. The van der Waals surface area contributed by atoms with E-state index in [9.17, 15) is 4.79 Å². The smallest absolute Gasteiger partial charge is 0.315 e. The number of carbonyl (C=O) groups excluding carboxylic acids is 1. The summed E-state index contributed by atoms with van der Waals surface area (Å²) in [5.74, 6) is 0.881. The van der Waals surface area contributed by atoms with Gasteiger partial charge < -0.3 is 16.0 Å². The summed E-state index contributed by atoms with van der Waals surface area (Å²) in [4.78, 5) is 11.5. The molecule has 1 fully saturated rings. The van der Waals surface area contributed by atoms with Gasteiger partial charge in [0.2, 0.25) is 0 Å².